The van der Waals surface area contributed by atoms with Crippen molar-refractivity contribution < 1.29 is 14.3 Å². The van der Waals surface area contributed by atoms with Crippen molar-refractivity contribution in [2.45, 2.75) is 30.2 Å². The van der Waals surface area contributed by atoms with Gasteiger partial charge in [-0.1, -0.05) is 66.2 Å². The standard InChI is InChI=1S/C29H29ClN2O3S/c30-25-12-6-21(7-13-25)18-32-26(33)19-36-28(32)23-10-8-22(9-11-23)27(34)31-20-29(14-16-35-17-15-29)24-4-2-1-3-5-24/h1-13,28H,14-20H2,(H,31,34)/t28-/m0/s1. The number of thioether (sulfide) groups is 1. The van der Waals surface area contributed by atoms with Crippen molar-refractivity contribution in [3.63, 3.8) is 0 Å². The Morgan fingerprint density at radius 1 is 1.00 bits per heavy atom. The molecule has 36 heavy (non-hydrogen) atoms. The van der Waals surface area contributed by atoms with Crippen LogP contribution >= 0.6 is 23.4 Å². The van der Waals surface area contributed by atoms with Crippen LogP contribution in [0.15, 0.2) is 78.9 Å². The Bertz CT molecular complexity index is 1200. The van der Waals surface area contributed by atoms with E-state index >= 15 is 0 Å². The minimum atomic E-state index is -0.113. The van der Waals surface area contributed by atoms with E-state index in [2.05, 4.69) is 29.6 Å². The second-order valence-corrected chi connectivity index (χ2v) is 10.9. The summed E-state index contributed by atoms with van der Waals surface area (Å²) in [7, 11) is 0. The summed E-state index contributed by atoms with van der Waals surface area (Å²) in [6.45, 7) is 2.50. The molecular formula is C29H29ClN2O3S. The van der Waals surface area contributed by atoms with Gasteiger partial charge in [-0.2, -0.15) is 0 Å². The molecule has 0 saturated carbocycles. The Morgan fingerprint density at radius 2 is 1.69 bits per heavy atom. The van der Waals surface area contributed by atoms with E-state index in [1.165, 1.54) is 5.56 Å². The number of nitrogens with one attached hydrogen (secondary N) is 1. The molecule has 7 heteroatoms. The third-order valence-electron chi connectivity index (χ3n) is 7.12. The van der Waals surface area contributed by atoms with Crippen LogP contribution in [0.4, 0.5) is 0 Å². The minimum Gasteiger partial charge on any atom is -0.381 e. The summed E-state index contributed by atoms with van der Waals surface area (Å²) in [5.41, 5.74) is 3.80. The monoisotopic (exact) mass is 520 g/mol. The fourth-order valence-corrected chi connectivity index (χ4v) is 6.27. The summed E-state index contributed by atoms with van der Waals surface area (Å²) in [4.78, 5) is 27.5. The van der Waals surface area contributed by atoms with E-state index in [1.54, 1.807) is 11.8 Å². The van der Waals surface area contributed by atoms with Gasteiger partial charge in [0.15, 0.2) is 0 Å². The lowest BCUT2D eigenvalue weighted by Gasteiger charge is -2.38. The first-order valence-electron chi connectivity index (χ1n) is 12.2. The molecule has 0 bridgehead atoms. The normalized spacial score (nSPS) is 19.3. The molecule has 0 unspecified atom stereocenters. The van der Waals surface area contributed by atoms with Crippen molar-refractivity contribution in [2.75, 3.05) is 25.5 Å². The molecule has 0 aliphatic carbocycles. The molecule has 0 aromatic heterocycles. The summed E-state index contributed by atoms with van der Waals surface area (Å²) < 4.78 is 5.61. The number of hydrogen-bond acceptors (Lipinski definition) is 4. The Balaban J connectivity index is 1.26. The van der Waals surface area contributed by atoms with Crippen LogP contribution in [0.25, 0.3) is 0 Å². The fraction of sp³-hybridized carbons (Fsp3) is 0.310. The highest BCUT2D eigenvalue weighted by molar-refractivity contribution is 8.00. The molecule has 0 radical (unpaired) electrons. The van der Waals surface area contributed by atoms with Gasteiger partial charge in [0.25, 0.3) is 5.91 Å². The van der Waals surface area contributed by atoms with Gasteiger partial charge in [-0.3, -0.25) is 9.59 Å². The fourth-order valence-electron chi connectivity index (χ4n) is 4.96. The number of hydrogen-bond donors (Lipinski definition) is 1. The number of ether oxygens (including phenoxy) is 1. The lowest BCUT2D eigenvalue weighted by atomic mass is 9.74. The van der Waals surface area contributed by atoms with Gasteiger partial charge in [0.05, 0.1) is 5.75 Å². The van der Waals surface area contributed by atoms with Gasteiger partial charge in [-0.25, -0.2) is 0 Å². The Kier molecular flexibility index (Phi) is 7.65. The molecule has 2 aliphatic heterocycles. The molecule has 1 atom stereocenters. The van der Waals surface area contributed by atoms with Gasteiger partial charge in [0.2, 0.25) is 5.91 Å². The average molecular weight is 521 g/mol. The van der Waals surface area contributed by atoms with E-state index < -0.39 is 0 Å². The third-order valence-corrected chi connectivity index (χ3v) is 8.62. The molecule has 1 N–H and O–H groups in total. The number of halogens is 1. The van der Waals surface area contributed by atoms with Gasteiger partial charge >= 0.3 is 0 Å². The van der Waals surface area contributed by atoms with Crippen molar-refractivity contribution >= 4 is 35.2 Å². The SMILES string of the molecule is O=C(NCC1(c2ccccc2)CCOCC1)c1ccc([C@@H]2SCC(=O)N2Cc2ccc(Cl)cc2)cc1. The van der Waals surface area contributed by atoms with E-state index in [0.29, 0.717) is 42.6 Å². The summed E-state index contributed by atoms with van der Waals surface area (Å²) in [5, 5.41) is 3.78. The summed E-state index contributed by atoms with van der Waals surface area (Å²) >= 11 is 7.62. The van der Waals surface area contributed by atoms with Gasteiger partial charge in [-0.05, 0) is 53.8 Å². The first kappa shape index (κ1) is 24.9. The van der Waals surface area contributed by atoms with Crippen molar-refractivity contribution in [2.24, 2.45) is 0 Å². The van der Waals surface area contributed by atoms with Crippen molar-refractivity contribution in [3.8, 4) is 0 Å². The van der Waals surface area contributed by atoms with Crippen molar-refractivity contribution in [1.29, 1.82) is 0 Å². The minimum absolute atomic E-state index is 0.0751. The highest BCUT2D eigenvalue weighted by atomic mass is 35.5. The van der Waals surface area contributed by atoms with Crippen LogP contribution < -0.4 is 5.32 Å². The smallest absolute Gasteiger partial charge is 0.251 e. The molecular weight excluding hydrogens is 492 g/mol. The molecule has 3 aromatic rings. The predicted octanol–water partition coefficient (Wildman–Crippen LogP) is 5.59. The lowest BCUT2D eigenvalue weighted by molar-refractivity contribution is -0.128. The number of amides is 2. The Hall–Kier alpha value is -2.80. The summed E-state index contributed by atoms with van der Waals surface area (Å²) in [6.07, 6.45) is 1.76. The molecule has 5 rings (SSSR count). The number of rotatable bonds is 7. The third kappa shape index (κ3) is 5.46. The lowest BCUT2D eigenvalue weighted by Crippen LogP contribution is -2.44. The predicted molar refractivity (Wildman–Crippen MR) is 144 cm³/mol. The highest BCUT2D eigenvalue weighted by Crippen LogP contribution is 2.40. The summed E-state index contributed by atoms with van der Waals surface area (Å²) in [6, 6.07) is 25.6. The molecule has 2 fully saturated rings. The molecule has 3 aromatic carbocycles. The molecule has 5 nitrogen and oxygen atoms in total. The van der Waals surface area contributed by atoms with Crippen LogP contribution in [0, 0.1) is 0 Å². The maximum Gasteiger partial charge on any atom is 0.251 e. The largest absolute Gasteiger partial charge is 0.381 e. The molecule has 0 spiro atoms. The van der Waals surface area contributed by atoms with E-state index in [0.717, 1.165) is 24.0 Å². The maximum absolute atomic E-state index is 13.1. The van der Waals surface area contributed by atoms with Crippen LogP contribution in [0.3, 0.4) is 0 Å². The van der Waals surface area contributed by atoms with Crippen LogP contribution in [0.5, 0.6) is 0 Å². The van der Waals surface area contributed by atoms with Gasteiger partial charge < -0.3 is 15.0 Å². The molecule has 2 aliphatic rings. The van der Waals surface area contributed by atoms with Crippen LogP contribution in [0.2, 0.25) is 5.02 Å². The average Bonchev–Trinajstić information content (AvgIpc) is 3.29. The molecule has 2 amide bonds. The van der Waals surface area contributed by atoms with Gasteiger partial charge in [-0.15, -0.1) is 11.8 Å². The van der Waals surface area contributed by atoms with E-state index in [1.807, 2.05) is 59.5 Å². The Labute approximate surface area is 221 Å². The van der Waals surface area contributed by atoms with Crippen molar-refractivity contribution in [1.82, 2.24) is 10.2 Å². The van der Waals surface area contributed by atoms with Crippen LogP contribution in [-0.2, 0) is 21.5 Å². The quantitative estimate of drug-likeness (QED) is 0.441. The van der Waals surface area contributed by atoms with Gasteiger partial charge in [0, 0.05) is 42.3 Å². The maximum atomic E-state index is 13.1. The zero-order valence-electron chi connectivity index (χ0n) is 20.0. The van der Waals surface area contributed by atoms with Crippen molar-refractivity contribution in [3.05, 3.63) is 106 Å². The van der Waals surface area contributed by atoms with E-state index in [9.17, 15) is 9.59 Å². The highest BCUT2D eigenvalue weighted by Gasteiger charge is 2.35. The molecule has 2 saturated heterocycles. The number of carbonyl (C=O) groups excluding carboxylic acids is 2. The molecule has 2 heterocycles. The number of benzene rings is 3. The van der Waals surface area contributed by atoms with Gasteiger partial charge in [0.1, 0.15) is 5.37 Å². The zero-order chi connectivity index (χ0) is 25.0. The summed E-state index contributed by atoms with van der Waals surface area (Å²) in [5.74, 6) is 0.479. The van der Waals surface area contributed by atoms with E-state index in [-0.39, 0.29) is 22.6 Å². The first-order chi connectivity index (χ1) is 17.5. The van der Waals surface area contributed by atoms with Crippen LogP contribution in [0.1, 0.15) is 45.3 Å². The first-order valence-corrected chi connectivity index (χ1v) is 13.6. The number of carbonyl (C=O) groups is 2. The van der Waals surface area contributed by atoms with E-state index in [4.69, 9.17) is 16.3 Å². The molecule has 186 valence electrons. The zero-order valence-corrected chi connectivity index (χ0v) is 21.6. The second-order valence-electron chi connectivity index (χ2n) is 9.37. The van der Waals surface area contributed by atoms with Crippen LogP contribution in [-0.4, -0.2) is 42.2 Å². The Morgan fingerprint density at radius 3 is 2.39 bits per heavy atom. The number of nitrogens with zero attached hydrogens (tertiary/aromatic N) is 1. The second kappa shape index (κ2) is 11.1. The topological polar surface area (TPSA) is 58.6 Å².